The fraction of sp³-hybridized carbons (Fsp3) is 0.235. The van der Waals surface area contributed by atoms with Gasteiger partial charge in [0.05, 0.1) is 10.7 Å². The molecule has 7 nitrogen and oxygen atoms in total. The van der Waals surface area contributed by atoms with E-state index in [4.69, 9.17) is 0 Å². The smallest absolute Gasteiger partial charge is 0.269 e. The predicted molar refractivity (Wildman–Crippen MR) is 104 cm³/mol. The Morgan fingerprint density at radius 2 is 2.08 bits per heavy atom. The lowest BCUT2D eigenvalue weighted by Crippen LogP contribution is -2.15. The number of nitrogens with zero attached hydrogens (tertiary/aromatic N) is 3. The Bertz CT molecular complexity index is 1020. The summed E-state index contributed by atoms with van der Waals surface area (Å²) in [6, 6.07) is 4.36. The number of thioether (sulfide) groups is 1. The van der Waals surface area contributed by atoms with Gasteiger partial charge in [-0.15, -0.1) is 11.3 Å². The fourth-order valence-corrected chi connectivity index (χ4v) is 4.40. The number of carbonyl (C=O) groups excluding carboxylic acids is 1. The molecule has 0 aliphatic rings. The third kappa shape index (κ3) is 3.68. The van der Waals surface area contributed by atoms with Gasteiger partial charge in [-0.3, -0.25) is 14.9 Å². The highest BCUT2D eigenvalue weighted by molar-refractivity contribution is 8.00. The van der Waals surface area contributed by atoms with E-state index in [-0.39, 0.29) is 17.3 Å². The monoisotopic (exact) mass is 388 g/mol. The van der Waals surface area contributed by atoms with E-state index in [0.717, 1.165) is 20.8 Å². The van der Waals surface area contributed by atoms with Crippen LogP contribution in [0.15, 0.2) is 29.6 Å². The van der Waals surface area contributed by atoms with Crippen LogP contribution in [0.4, 0.5) is 11.4 Å². The molecule has 1 N–H and O–H groups in total. The maximum absolute atomic E-state index is 12.3. The molecule has 0 unspecified atom stereocenters. The molecule has 0 atom stereocenters. The number of non-ortho nitro benzene ring substituents is 1. The number of hydrogen-bond acceptors (Lipinski definition) is 7. The maximum atomic E-state index is 12.3. The average molecular weight is 388 g/mol. The predicted octanol–water partition coefficient (Wildman–Crippen LogP) is 4.26. The van der Waals surface area contributed by atoms with E-state index >= 15 is 0 Å². The Labute approximate surface area is 158 Å². The average Bonchev–Trinajstić information content (AvgIpc) is 2.89. The lowest BCUT2D eigenvalue weighted by atomic mass is 10.2. The summed E-state index contributed by atoms with van der Waals surface area (Å²) in [4.78, 5) is 33.3. The van der Waals surface area contributed by atoms with E-state index in [1.165, 1.54) is 35.1 Å². The Morgan fingerprint density at radius 3 is 2.77 bits per heavy atom. The molecule has 134 valence electrons. The highest BCUT2D eigenvalue weighted by atomic mass is 32.2. The summed E-state index contributed by atoms with van der Waals surface area (Å²) < 4.78 is 0. The van der Waals surface area contributed by atoms with Crippen molar-refractivity contribution < 1.29 is 9.72 Å². The van der Waals surface area contributed by atoms with Gasteiger partial charge in [0.25, 0.3) is 5.69 Å². The van der Waals surface area contributed by atoms with Gasteiger partial charge in [-0.2, -0.15) is 0 Å². The molecular formula is C17H16N4O3S2. The van der Waals surface area contributed by atoms with Crippen LogP contribution in [0.5, 0.6) is 0 Å². The van der Waals surface area contributed by atoms with Crippen LogP contribution in [0.25, 0.3) is 10.2 Å². The number of nitro benzene ring substituents is 1. The molecule has 3 rings (SSSR count). The molecule has 9 heteroatoms. The molecule has 0 saturated carbocycles. The van der Waals surface area contributed by atoms with Crippen molar-refractivity contribution in [3.05, 3.63) is 50.6 Å². The topological polar surface area (TPSA) is 98.0 Å². The summed E-state index contributed by atoms with van der Waals surface area (Å²) in [6.07, 6.45) is 1.51. The number of aryl methyl sites for hydroxylation is 3. The standard InChI is InChI=1S/C17H16N4O3S2/c1-9-6-12(21(23)24)4-5-13(9)20-14(22)7-25-16-15-10(2)11(3)26-17(15)19-8-18-16/h4-6,8H,7H2,1-3H3,(H,20,22). The van der Waals surface area contributed by atoms with Crippen molar-refractivity contribution in [2.75, 3.05) is 11.1 Å². The zero-order chi connectivity index (χ0) is 18.8. The van der Waals surface area contributed by atoms with Crippen LogP contribution in [0.2, 0.25) is 0 Å². The van der Waals surface area contributed by atoms with Gasteiger partial charge in [-0.25, -0.2) is 9.97 Å². The molecule has 2 aromatic heterocycles. The van der Waals surface area contributed by atoms with E-state index in [0.29, 0.717) is 11.3 Å². The number of nitrogens with one attached hydrogen (secondary N) is 1. The number of fused-ring (bicyclic) bond motifs is 1. The van der Waals surface area contributed by atoms with Crippen molar-refractivity contribution in [1.82, 2.24) is 9.97 Å². The van der Waals surface area contributed by atoms with Crippen LogP contribution in [0.3, 0.4) is 0 Å². The number of rotatable bonds is 5. The number of benzene rings is 1. The highest BCUT2D eigenvalue weighted by Crippen LogP contribution is 2.34. The fourth-order valence-electron chi connectivity index (χ4n) is 2.48. The first-order chi connectivity index (χ1) is 12.4. The molecule has 1 amide bonds. The molecule has 0 aliphatic heterocycles. The lowest BCUT2D eigenvalue weighted by molar-refractivity contribution is -0.384. The first kappa shape index (κ1) is 18.3. The molecule has 0 fully saturated rings. The van der Waals surface area contributed by atoms with Gasteiger partial charge < -0.3 is 5.32 Å². The lowest BCUT2D eigenvalue weighted by Gasteiger charge is -2.08. The van der Waals surface area contributed by atoms with Gasteiger partial charge >= 0.3 is 0 Å². The minimum absolute atomic E-state index is 0.00144. The zero-order valence-electron chi connectivity index (χ0n) is 14.4. The number of hydrogen-bond donors (Lipinski definition) is 1. The van der Waals surface area contributed by atoms with Crippen molar-refractivity contribution in [2.24, 2.45) is 0 Å². The van der Waals surface area contributed by atoms with Crippen LogP contribution in [0.1, 0.15) is 16.0 Å². The molecule has 0 bridgehead atoms. The Balaban J connectivity index is 1.71. The van der Waals surface area contributed by atoms with Gasteiger partial charge in [-0.1, -0.05) is 11.8 Å². The van der Waals surface area contributed by atoms with Crippen LogP contribution >= 0.6 is 23.1 Å². The third-order valence-electron chi connectivity index (χ3n) is 3.97. The minimum atomic E-state index is -0.458. The summed E-state index contributed by atoms with van der Waals surface area (Å²) in [7, 11) is 0. The number of nitro groups is 1. The van der Waals surface area contributed by atoms with E-state index in [2.05, 4.69) is 15.3 Å². The second-order valence-electron chi connectivity index (χ2n) is 5.74. The second kappa shape index (κ2) is 7.38. The molecule has 0 spiro atoms. The number of amides is 1. The van der Waals surface area contributed by atoms with Gasteiger partial charge in [0.15, 0.2) is 0 Å². The van der Waals surface area contributed by atoms with Crippen LogP contribution in [-0.2, 0) is 4.79 Å². The third-order valence-corrected chi connectivity index (χ3v) is 6.07. The SMILES string of the molecule is Cc1cc([N+](=O)[O-])ccc1NC(=O)CSc1ncnc2sc(C)c(C)c12. The number of aromatic nitrogens is 2. The molecule has 2 heterocycles. The molecular weight excluding hydrogens is 372 g/mol. The summed E-state index contributed by atoms with van der Waals surface area (Å²) in [5.74, 6) is -0.0000261. The number of anilines is 1. The molecule has 0 saturated heterocycles. The quantitative estimate of drug-likeness (QED) is 0.304. The summed E-state index contributed by atoms with van der Waals surface area (Å²) in [5, 5.41) is 15.4. The van der Waals surface area contributed by atoms with Crippen LogP contribution < -0.4 is 5.32 Å². The molecule has 3 aromatic rings. The van der Waals surface area contributed by atoms with Crippen LogP contribution in [0, 0.1) is 30.9 Å². The van der Waals surface area contributed by atoms with Gasteiger partial charge in [-0.05, 0) is 38.0 Å². The number of thiophene rings is 1. The Morgan fingerprint density at radius 1 is 1.31 bits per heavy atom. The summed E-state index contributed by atoms with van der Waals surface area (Å²) in [5.41, 5.74) is 2.35. The zero-order valence-corrected chi connectivity index (χ0v) is 16.0. The summed E-state index contributed by atoms with van der Waals surface area (Å²) in [6.45, 7) is 5.79. The highest BCUT2D eigenvalue weighted by Gasteiger charge is 2.15. The van der Waals surface area contributed by atoms with E-state index < -0.39 is 4.92 Å². The maximum Gasteiger partial charge on any atom is 0.269 e. The van der Waals surface area contributed by atoms with Crippen LogP contribution in [-0.4, -0.2) is 26.6 Å². The van der Waals surface area contributed by atoms with E-state index in [9.17, 15) is 14.9 Å². The van der Waals surface area contributed by atoms with E-state index in [1.807, 2.05) is 13.8 Å². The van der Waals surface area contributed by atoms with Gasteiger partial charge in [0, 0.05) is 28.1 Å². The van der Waals surface area contributed by atoms with Crippen molar-refractivity contribution in [1.29, 1.82) is 0 Å². The largest absolute Gasteiger partial charge is 0.325 e. The first-order valence-corrected chi connectivity index (χ1v) is 9.55. The normalized spacial score (nSPS) is 10.9. The van der Waals surface area contributed by atoms with Crippen molar-refractivity contribution in [3.63, 3.8) is 0 Å². The van der Waals surface area contributed by atoms with Crippen molar-refractivity contribution >= 4 is 50.6 Å². The second-order valence-corrected chi connectivity index (χ2v) is 7.90. The van der Waals surface area contributed by atoms with Crippen molar-refractivity contribution in [3.8, 4) is 0 Å². The molecule has 26 heavy (non-hydrogen) atoms. The Kier molecular flexibility index (Phi) is 5.19. The van der Waals surface area contributed by atoms with Gasteiger partial charge in [0.1, 0.15) is 16.2 Å². The van der Waals surface area contributed by atoms with Crippen molar-refractivity contribution in [2.45, 2.75) is 25.8 Å². The van der Waals surface area contributed by atoms with Gasteiger partial charge in [0.2, 0.25) is 5.91 Å². The Hall–Kier alpha value is -2.52. The molecule has 0 aliphatic carbocycles. The first-order valence-electron chi connectivity index (χ1n) is 7.75. The number of carbonyl (C=O) groups is 1. The summed E-state index contributed by atoms with van der Waals surface area (Å²) >= 11 is 2.97. The molecule has 1 aromatic carbocycles. The van der Waals surface area contributed by atoms with E-state index in [1.54, 1.807) is 24.3 Å². The minimum Gasteiger partial charge on any atom is -0.325 e. The molecule has 0 radical (unpaired) electrons.